The molecule has 1 atom stereocenters. The zero-order valence-electron chi connectivity index (χ0n) is 15.1. The maximum absolute atomic E-state index is 12.3. The van der Waals surface area contributed by atoms with E-state index in [1.54, 1.807) is 24.3 Å². The monoisotopic (exact) mass is 368 g/mol. The number of aliphatic carboxylic acids is 1. The van der Waals surface area contributed by atoms with E-state index in [0.29, 0.717) is 11.4 Å². The van der Waals surface area contributed by atoms with Gasteiger partial charge in [-0.3, -0.25) is 14.5 Å². The Labute approximate surface area is 158 Å². The molecule has 1 aliphatic heterocycles. The van der Waals surface area contributed by atoms with Gasteiger partial charge in [0.15, 0.2) is 0 Å². The van der Waals surface area contributed by atoms with Gasteiger partial charge in [-0.15, -0.1) is 0 Å². The Balaban J connectivity index is 1.55. The molecule has 142 valence electrons. The molecule has 2 N–H and O–H groups in total. The van der Waals surface area contributed by atoms with Gasteiger partial charge in [0, 0.05) is 5.69 Å². The Morgan fingerprint density at radius 3 is 2.22 bits per heavy atom. The number of para-hydroxylation sites is 1. The van der Waals surface area contributed by atoms with E-state index < -0.39 is 12.0 Å². The third-order valence-electron chi connectivity index (χ3n) is 4.61. The third-order valence-corrected chi connectivity index (χ3v) is 4.61. The van der Waals surface area contributed by atoms with E-state index >= 15 is 0 Å². The number of amides is 1. The Morgan fingerprint density at radius 1 is 0.963 bits per heavy atom. The fourth-order valence-electron chi connectivity index (χ4n) is 3.22. The molecule has 1 heterocycles. The number of hydrogen-bond donors (Lipinski definition) is 2. The summed E-state index contributed by atoms with van der Waals surface area (Å²) in [6.45, 7) is 1.46. The summed E-state index contributed by atoms with van der Waals surface area (Å²) in [5, 5.41) is 12.3. The number of piperidine rings is 1. The van der Waals surface area contributed by atoms with E-state index in [-0.39, 0.29) is 12.3 Å². The molecule has 0 bridgehead atoms. The maximum Gasteiger partial charge on any atom is 0.321 e. The minimum Gasteiger partial charge on any atom is -0.480 e. The summed E-state index contributed by atoms with van der Waals surface area (Å²) in [5.74, 6) is 0.152. The largest absolute Gasteiger partial charge is 0.480 e. The van der Waals surface area contributed by atoms with Crippen molar-refractivity contribution in [2.24, 2.45) is 0 Å². The number of likely N-dealkylation sites (tertiary alicyclic amines) is 1. The van der Waals surface area contributed by atoms with Crippen molar-refractivity contribution in [3.05, 3.63) is 54.6 Å². The molecule has 1 saturated heterocycles. The quantitative estimate of drug-likeness (QED) is 0.778. The molecular weight excluding hydrogens is 344 g/mol. The Kier molecular flexibility index (Phi) is 6.44. The predicted octanol–water partition coefficient (Wildman–Crippen LogP) is 3.75. The molecular formula is C21H24N2O4. The van der Waals surface area contributed by atoms with Gasteiger partial charge in [0.05, 0.1) is 6.42 Å². The van der Waals surface area contributed by atoms with Crippen molar-refractivity contribution in [2.75, 3.05) is 18.4 Å². The topological polar surface area (TPSA) is 78.9 Å². The van der Waals surface area contributed by atoms with Crippen molar-refractivity contribution in [1.82, 2.24) is 4.90 Å². The van der Waals surface area contributed by atoms with E-state index in [0.717, 1.165) is 38.1 Å². The number of carboxylic acids is 1. The zero-order chi connectivity index (χ0) is 19.1. The second kappa shape index (κ2) is 9.19. The summed E-state index contributed by atoms with van der Waals surface area (Å²) >= 11 is 0. The molecule has 2 aromatic rings. The zero-order valence-corrected chi connectivity index (χ0v) is 15.1. The molecule has 0 saturated carbocycles. The highest BCUT2D eigenvalue weighted by atomic mass is 16.5. The molecule has 1 fully saturated rings. The highest BCUT2D eigenvalue weighted by Crippen LogP contribution is 2.23. The van der Waals surface area contributed by atoms with Crippen LogP contribution in [0.25, 0.3) is 0 Å². The number of benzene rings is 2. The van der Waals surface area contributed by atoms with E-state index in [4.69, 9.17) is 4.74 Å². The number of carbonyl (C=O) groups excluding carboxylic acids is 1. The molecule has 1 aliphatic rings. The first kappa shape index (κ1) is 18.9. The molecule has 6 heteroatoms. The molecule has 0 aromatic heterocycles. The van der Waals surface area contributed by atoms with Crippen LogP contribution in [0, 0.1) is 0 Å². The summed E-state index contributed by atoms with van der Waals surface area (Å²) in [6.07, 6.45) is 3.02. The van der Waals surface area contributed by atoms with Crippen molar-refractivity contribution in [1.29, 1.82) is 0 Å². The highest BCUT2D eigenvalue weighted by molar-refractivity contribution is 5.94. The van der Waals surface area contributed by atoms with Crippen LogP contribution in [-0.2, 0) is 9.59 Å². The van der Waals surface area contributed by atoms with Crippen LogP contribution in [-0.4, -0.2) is 41.0 Å². The Morgan fingerprint density at radius 2 is 1.59 bits per heavy atom. The SMILES string of the molecule is O=C(CC(C(=O)O)N1CCCCC1)Nc1ccc(Oc2ccccc2)cc1. The van der Waals surface area contributed by atoms with Gasteiger partial charge >= 0.3 is 5.97 Å². The second-order valence-corrected chi connectivity index (χ2v) is 6.64. The number of rotatable bonds is 7. The lowest BCUT2D eigenvalue weighted by Gasteiger charge is -2.31. The molecule has 0 aliphatic carbocycles. The van der Waals surface area contributed by atoms with Gasteiger partial charge in [0.1, 0.15) is 17.5 Å². The molecule has 3 rings (SSSR count). The van der Waals surface area contributed by atoms with Gasteiger partial charge in [-0.05, 0) is 62.3 Å². The Bertz CT molecular complexity index is 756. The normalized spacial score (nSPS) is 15.7. The second-order valence-electron chi connectivity index (χ2n) is 6.64. The molecule has 1 unspecified atom stereocenters. The van der Waals surface area contributed by atoms with Crippen molar-refractivity contribution < 1.29 is 19.4 Å². The van der Waals surface area contributed by atoms with E-state index in [9.17, 15) is 14.7 Å². The van der Waals surface area contributed by atoms with Crippen LogP contribution >= 0.6 is 0 Å². The first-order valence-corrected chi connectivity index (χ1v) is 9.21. The smallest absolute Gasteiger partial charge is 0.321 e. The van der Waals surface area contributed by atoms with E-state index in [2.05, 4.69) is 5.32 Å². The minimum absolute atomic E-state index is 0.0579. The number of anilines is 1. The number of nitrogens with zero attached hydrogens (tertiary/aromatic N) is 1. The van der Waals surface area contributed by atoms with Crippen molar-refractivity contribution in [2.45, 2.75) is 31.7 Å². The summed E-state index contributed by atoms with van der Waals surface area (Å²) < 4.78 is 5.72. The standard InChI is InChI=1S/C21H24N2O4/c24-20(15-19(21(25)26)23-13-5-2-6-14-23)22-16-9-11-18(12-10-16)27-17-7-3-1-4-8-17/h1,3-4,7-12,19H,2,5-6,13-15H2,(H,22,24)(H,25,26). The molecule has 6 nitrogen and oxygen atoms in total. The maximum atomic E-state index is 12.3. The average molecular weight is 368 g/mol. The fourth-order valence-corrected chi connectivity index (χ4v) is 3.22. The van der Waals surface area contributed by atoms with Crippen LogP contribution in [0.5, 0.6) is 11.5 Å². The molecule has 0 spiro atoms. The van der Waals surface area contributed by atoms with Gasteiger partial charge in [0.2, 0.25) is 5.91 Å². The van der Waals surface area contributed by atoms with Crippen LogP contribution < -0.4 is 10.1 Å². The first-order chi connectivity index (χ1) is 13.1. The van der Waals surface area contributed by atoms with Gasteiger partial charge in [-0.25, -0.2) is 0 Å². The number of carbonyl (C=O) groups is 2. The molecule has 0 radical (unpaired) electrons. The van der Waals surface area contributed by atoms with Gasteiger partial charge in [-0.2, -0.15) is 0 Å². The summed E-state index contributed by atoms with van der Waals surface area (Å²) in [7, 11) is 0. The van der Waals surface area contributed by atoms with Crippen LogP contribution in [0.2, 0.25) is 0 Å². The van der Waals surface area contributed by atoms with Crippen LogP contribution in [0.4, 0.5) is 5.69 Å². The minimum atomic E-state index is -0.946. The first-order valence-electron chi connectivity index (χ1n) is 9.21. The van der Waals surface area contributed by atoms with Crippen molar-refractivity contribution >= 4 is 17.6 Å². The lowest BCUT2D eigenvalue weighted by Crippen LogP contribution is -2.45. The molecule has 27 heavy (non-hydrogen) atoms. The van der Waals surface area contributed by atoms with Crippen molar-refractivity contribution in [3.63, 3.8) is 0 Å². The number of nitrogens with one attached hydrogen (secondary N) is 1. The van der Waals surface area contributed by atoms with E-state index in [1.807, 2.05) is 35.2 Å². The average Bonchev–Trinajstić information content (AvgIpc) is 2.69. The van der Waals surface area contributed by atoms with Gasteiger partial charge in [-0.1, -0.05) is 24.6 Å². The molecule has 1 amide bonds. The predicted molar refractivity (Wildman–Crippen MR) is 103 cm³/mol. The summed E-state index contributed by atoms with van der Waals surface area (Å²) in [4.78, 5) is 25.8. The van der Waals surface area contributed by atoms with E-state index in [1.165, 1.54) is 0 Å². The molecule has 2 aromatic carbocycles. The summed E-state index contributed by atoms with van der Waals surface area (Å²) in [5.41, 5.74) is 0.614. The van der Waals surface area contributed by atoms with Gasteiger partial charge < -0.3 is 15.2 Å². The number of ether oxygens (including phenoxy) is 1. The van der Waals surface area contributed by atoms with Gasteiger partial charge in [0.25, 0.3) is 0 Å². The van der Waals surface area contributed by atoms with Crippen LogP contribution in [0.3, 0.4) is 0 Å². The number of carboxylic acid groups (broad SMARTS) is 1. The van der Waals surface area contributed by atoms with Crippen LogP contribution in [0.15, 0.2) is 54.6 Å². The van der Waals surface area contributed by atoms with Crippen molar-refractivity contribution in [3.8, 4) is 11.5 Å². The third kappa shape index (κ3) is 5.56. The lowest BCUT2D eigenvalue weighted by atomic mass is 10.1. The number of hydrogen-bond acceptors (Lipinski definition) is 4. The fraction of sp³-hybridized carbons (Fsp3) is 0.333. The van der Waals surface area contributed by atoms with Crippen LogP contribution in [0.1, 0.15) is 25.7 Å². The Hall–Kier alpha value is -2.86. The highest BCUT2D eigenvalue weighted by Gasteiger charge is 2.29. The summed E-state index contributed by atoms with van der Waals surface area (Å²) in [6, 6.07) is 15.7. The lowest BCUT2D eigenvalue weighted by molar-refractivity contribution is -0.145.